The zero-order chi connectivity index (χ0) is 35.6. The molecule has 3 heterocycles. The SMILES string of the molecule is c1ccc(C2N=C(c3ccc4ccccc4c3)NC(c3ccc(-n4c5ccccc5c5cc6c(cc54)c4ccccc4n6-c4ccccc4)cc3)N2)cc1. The molecular formula is C49H35N5. The summed E-state index contributed by atoms with van der Waals surface area (Å²) in [7, 11) is 0. The van der Waals surface area contributed by atoms with Crippen LogP contribution in [0.25, 0.3) is 65.8 Å². The average molecular weight is 694 g/mol. The zero-order valence-corrected chi connectivity index (χ0v) is 29.4. The summed E-state index contributed by atoms with van der Waals surface area (Å²) in [6.07, 6.45) is -0.346. The van der Waals surface area contributed by atoms with Crippen LogP contribution in [0.1, 0.15) is 29.0 Å². The molecule has 0 amide bonds. The lowest BCUT2D eigenvalue weighted by Crippen LogP contribution is -2.44. The molecule has 0 radical (unpaired) electrons. The van der Waals surface area contributed by atoms with E-state index < -0.39 is 0 Å². The van der Waals surface area contributed by atoms with Gasteiger partial charge in [-0.25, -0.2) is 4.99 Å². The van der Waals surface area contributed by atoms with E-state index >= 15 is 0 Å². The topological polar surface area (TPSA) is 46.3 Å². The second-order valence-corrected chi connectivity index (χ2v) is 14.1. The Balaban J connectivity index is 1.03. The first kappa shape index (κ1) is 30.7. The normalized spacial score (nSPS) is 16.0. The van der Waals surface area contributed by atoms with E-state index in [1.165, 1.54) is 54.4 Å². The Labute approximate surface area is 312 Å². The van der Waals surface area contributed by atoms with Crippen LogP contribution in [-0.2, 0) is 0 Å². The summed E-state index contributed by atoms with van der Waals surface area (Å²) < 4.78 is 4.81. The van der Waals surface area contributed by atoms with Crippen molar-refractivity contribution in [2.75, 3.05) is 0 Å². The van der Waals surface area contributed by atoms with E-state index in [2.05, 4.69) is 208 Å². The molecule has 256 valence electrons. The van der Waals surface area contributed by atoms with Crippen LogP contribution in [0, 0.1) is 0 Å². The van der Waals surface area contributed by atoms with Gasteiger partial charge in [0.05, 0.1) is 22.1 Å². The smallest absolute Gasteiger partial charge is 0.131 e. The summed E-state index contributed by atoms with van der Waals surface area (Å²) >= 11 is 0. The van der Waals surface area contributed by atoms with E-state index in [0.717, 1.165) is 33.9 Å². The van der Waals surface area contributed by atoms with Gasteiger partial charge in [0.15, 0.2) is 0 Å². The van der Waals surface area contributed by atoms with E-state index in [0.29, 0.717) is 0 Å². The van der Waals surface area contributed by atoms with Crippen LogP contribution in [-0.4, -0.2) is 15.0 Å². The average Bonchev–Trinajstić information content (AvgIpc) is 3.75. The van der Waals surface area contributed by atoms with Gasteiger partial charge in [-0.3, -0.25) is 5.32 Å². The van der Waals surface area contributed by atoms with Gasteiger partial charge in [-0.1, -0.05) is 133 Å². The van der Waals surface area contributed by atoms with Gasteiger partial charge < -0.3 is 14.5 Å². The number of aromatic nitrogens is 2. The van der Waals surface area contributed by atoms with Crippen LogP contribution in [0.15, 0.2) is 193 Å². The van der Waals surface area contributed by atoms with Crippen molar-refractivity contribution in [1.82, 2.24) is 19.8 Å². The van der Waals surface area contributed by atoms with Gasteiger partial charge in [0.2, 0.25) is 0 Å². The Morgan fingerprint density at radius 3 is 1.63 bits per heavy atom. The number of rotatable bonds is 5. The number of para-hydroxylation sites is 3. The molecule has 0 aliphatic carbocycles. The lowest BCUT2D eigenvalue weighted by molar-refractivity contribution is 0.409. The van der Waals surface area contributed by atoms with E-state index in [1.807, 2.05) is 0 Å². The zero-order valence-electron chi connectivity index (χ0n) is 29.4. The number of aliphatic imine (C=N–C) groups is 1. The standard InChI is InChI=1S/C49H35N5/c1-3-14-33(15-4-1)47-50-48(52-49(51-47)36-24-23-32-13-7-8-16-35(32)29-36)34-25-27-38(28-26-34)54-44-22-12-10-20-40(44)42-30-45-41(31-46(42)54)39-19-9-11-21-43(39)53(45)37-17-5-2-6-18-37/h1-31,47-48,50H,(H,51,52). The predicted octanol–water partition coefficient (Wildman–Crippen LogP) is 11.4. The molecule has 2 N–H and O–H groups in total. The number of amidine groups is 1. The lowest BCUT2D eigenvalue weighted by atomic mass is 10.0. The van der Waals surface area contributed by atoms with Crippen molar-refractivity contribution in [2.45, 2.75) is 12.3 Å². The Hall–Kier alpha value is -6.95. The minimum absolute atomic E-state index is 0.148. The van der Waals surface area contributed by atoms with Crippen molar-refractivity contribution in [2.24, 2.45) is 4.99 Å². The molecule has 2 aromatic heterocycles. The molecule has 1 aliphatic rings. The Morgan fingerprint density at radius 2 is 0.963 bits per heavy atom. The highest BCUT2D eigenvalue weighted by Gasteiger charge is 2.26. The Kier molecular flexibility index (Phi) is 7.00. The van der Waals surface area contributed by atoms with E-state index in [-0.39, 0.29) is 12.3 Å². The molecule has 5 heteroatoms. The summed E-state index contributed by atoms with van der Waals surface area (Å²) in [4.78, 5) is 5.19. The van der Waals surface area contributed by atoms with Crippen molar-refractivity contribution in [3.63, 3.8) is 0 Å². The number of hydrogen-bond acceptors (Lipinski definition) is 3. The van der Waals surface area contributed by atoms with E-state index in [1.54, 1.807) is 0 Å². The maximum Gasteiger partial charge on any atom is 0.131 e. The monoisotopic (exact) mass is 693 g/mol. The van der Waals surface area contributed by atoms with Gasteiger partial charge in [0, 0.05) is 38.5 Å². The first-order valence-corrected chi connectivity index (χ1v) is 18.5. The number of benzene rings is 8. The van der Waals surface area contributed by atoms with Crippen LogP contribution in [0.5, 0.6) is 0 Å². The van der Waals surface area contributed by atoms with Gasteiger partial charge in [-0.15, -0.1) is 0 Å². The predicted molar refractivity (Wildman–Crippen MR) is 224 cm³/mol. The summed E-state index contributed by atoms with van der Waals surface area (Å²) in [5.74, 6) is 0.878. The third-order valence-electron chi connectivity index (χ3n) is 11.0. The molecule has 11 rings (SSSR count). The maximum absolute atomic E-state index is 5.19. The largest absolute Gasteiger partial charge is 0.350 e. The number of nitrogens with one attached hydrogen (secondary N) is 2. The van der Waals surface area contributed by atoms with Crippen LogP contribution in [0.4, 0.5) is 0 Å². The highest BCUT2D eigenvalue weighted by Crippen LogP contribution is 2.39. The Bertz CT molecular complexity index is 3050. The van der Waals surface area contributed by atoms with E-state index in [4.69, 9.17) is 4.99 Å². The molecule has 0 spiro atoms. The molecule has 0 saturated carbocycles. The minimum atomic E-state index is -0.198. The van der Waals surface area contributed by atoms with Crippen LogP contribution >= 0.6 is 0 Å². The fraction of sp³-hybridized carbons (Fsp3) is 0.0408. The fourth-order valence-corrected chi connectivity index (χ4v) is 8.40. The van der Waals surface area contributed by atoms with Crippen LogP contribution in [0.2, 0.25) is 0 Å². The molecule has 0 saturated heterocycles. The molecule has 1 aliphatic heterocycles. The van der Waals surface area contributed by atoms with E-state index in [9.17, 15) is 0 Å². The summed E-state index contributed by atoms with van der Waals surface area (Å²) in [5.41, 5.74) is 10.4. The molecule has 54 heavy (non-hydrogen) atoms. The maximum atomic E-state index is 5.19. The number of fused-ring (bicyclic) bond motifs is 7. The third-order valence-corrected chi connectivity index (χ3v) is 11.0. The lowest BCUT2D eigenvalue weighted by Gasteiger charge is -2.32. The molecule has 0 fully saturated rings. The summed E-state index contributed by atoms with van der Waals surface area (Å²) in [5, 5.41) is 14.9. The van der Waals surface area contributed by atoms with Crippen LogP contribution < -0.4 is 10.6 Å². The van der Waals surface area contributed by atoms with Crippen LogP contribution in [0.3, 0.4) is 0 Å². The third kappa shape index (κ3) is 4.94. The van der Waals surface area contributed by atoms with Crippen molar-refractivity contribution in [1.29, 1.82) is 0 Å². The second kappa shape index (κ2) is 12.3. The molecule has 2 unspecified atom stereocenters. The molecule has 2 atom stereocenters. The van der Waals surface area contributed by atoms with Crippen molar-refractivity contribution >= 4 is 60.2 Å². The van der Waals surface area contributed by atoms with Gasteiger partial charge in [-0.2, -0.15) is 0 Å². The fourth-order valence-electron chi connectivity index (χ4n) is 8.40. The molecular weight excluding hydrogens is 659 g/mol. The Morgan fingerprint density at radius 1 is 0.407 bits per heavy atom. The second-order valence-electron chi connectivity index (χ2n) is 14.1. The number of nitrogens with zero attached hydrogens (tertiary/aromatic N) is 3. The quantitative estimate of drug-likeness (QED) is 0.188. The van der Waals surface area contributed by atoms with Crippen molar-refractivity contribution in [3.8, 4) is 11.4 Å². The van der Waals surface area contributed by atoms with Gasteiger partial charge in [0.1, 0.15) is 18.2 Å². The molecule has 5 nitrogen and oxygen atoms in total. The first-order valence-electron chi connectivity index (χ1n) is 18.5. The molecule has 8 aromatic carbocycles. The van der Waals surface area contributed by atoms with Gasteiger partial charge in [-0.05, 0) is 76.5 Å². The first-order chi connectivity index (χ1) is 26.8. The highest BCUT2D eigenvalue weighted by molar-refractivity contribution is 6.19. The van der Waals surface area contributed by atoms with Gasteiger partial charge in [0.25, 0.3) is 0 Å². The highest BCUT2D eigenvalue weighted by atomic mass is 15.3. The summed E-state index contributed by atoms with van der Waals surface area (Å²) in [6.45, 7) is 0. The summed E-state index contributed by atoms with van der Waals surface area (Å²) in [6, 6.07) is 67.5. The van der Waals surface area contributed by atoms with Crippen molar-refractivity contribution < 1.29 is 0 Å². The number of hydrogen-bond donors (Lipinski definition) is 2. The van der Waals surface area contributed by atoms with Gasteiger partial charge >= 0.3 is 0 Å². The molecule has 10 aromatic rings. The van der Waals surface area contributed by atoms with Crippen molar-refractivity contribution in [3.05, 3.63) is 205 Å². The minimum Gasteiger partial charge on any atom is -0.350 e. The molecule has 0 bridgehead atoms.